The van der Waals surface area contributed by atoms with Crippen molar-refractivity contribution in [3.63, 3.8) is 0 Å². The first kappa shape index (κ1) is 17.5. The Labute approximate surface area is 161 Å². The Morgan fingerprint density at radius 1 is 1.32 bits per heavy atom. The average Bonchev–Trinajstić information content (AvgIpc) is 3.39. The molecule has 3 heterocycles. The predicted octanol–water partition coefficient (Wildman–Crippen LogP) is 2.83. The second kappa shape index (κ2) is 6.70. The number of halogens is 1. The van der Waals surface area contributed by atoms with Crippen molar-refractivity contribution in [2.45, 2.75) is 6.92 Å². The highest BCUT2D eigenvalue weighted by atomic mass is 35.5. The molecule has 1 aromatic carbocycles. The van der Waals surface area contributed by atoms with Crippen molar-refractivity contribution in [3.8, 4) is 11.3 Å². The van der Waals surface area contributed by atoms with Gasteiger partial charge in [0, 0.05) is 11.6 Å². The number of nitro benzene ring substituents is 1. The summed E-state index contributed by atoms with van der Waals surface area (Å²) in [6.07, 6.45) is 1.52. The Bertz CT molecular complexity index is 1150. The molecule has 0 bridgehead atoms. The number of furan rings is 1. The van der Waals surface area contributed by atoms with E-state index in [1.165, 1.54) is 18.2 Å². The summed E-state index contributed by atoms with van der Waals surface area (Å²) in [7, 11) is 0. The third kappa shape index (κ3) is 3.03. The molecule has 1 aliphatic heterocycles. The van der Waals surface area contributed by atoms with Crippen molar-refractivity contribution in [1.29, 1.82) is 0 Å². The molecule has 0 aliphatic carbocycles. The number of H-pyrrole nitrogens is 1. The Kier molecular flexibility index (Phi) is 4.20. The number of nitrogens with one attached hydrogen (secondary N) is 1. The predicted molar refractivity (Wildman–Crippen MR) is 98.6 cm³/mol. The van der Waals surface area contributed by atoms with Gasteiger partial charge in [0.05, 0.1) is 16.2 Å². The van der Waals surface area contributed by atoms with E-state index in [9.17, 15) is 14.9 Å². The number of benzene rings is 1. The second-order valence-corrected chi connectivity index (χ2v) is 6.10. The molecule has 1 aliphatic rings. The van der Waals surface area contributed by atoms with Crippen molar-refractivity contribution in [3.05, 3.63) is 56.8 Å². The van der Waals surface area contributed by atoms with Gasteiger partial charge in [-0.2, -0.15) is 15.3 Å². The number of hydrogen-bond donors (Lipinski definition) is 1. The van der Waals surface area contributed by atoms with Crippen LogP contribution in [0.3, 0.4) is 0 Å². The Morgan fingerprint density at radius 3 is 2.86 bits per heavy atom. The number of carbonyl (C=O) groups excluding carboxylic acids is 1. The molecule has 0 atom stereocenters. The van der Waals surface area contributed by atoms with Crippen LogP contribution in [0.4, 0.5) is 11.6 Å². The summed E-state index contributed by atoms with van der Waals surface area (Å²) in [5.41, 5.74) is 1.01. The summed E-state index contributed by atoms with van der Waals surface area (Å²) < 4.78 is 5.71. The van der Waals surface area contributed by atoms with Crippen molar-refractivity contribution in [2.24, 2.45) is 5.10 Å². The molecule has 11 nitrogen and oxygen atoms in total. The number of aromatic nitrogens is 4. The molecule has 0 fully saturated rings. The largest absolute Gasteiger partial charge is 0.457 e. The molecule has 1 N–H and O–H groups in total. The van der Waals surface area contributed by atoms with Gasteiger partial charge >= 0.3 is 0 Å². The third-order valence-electron chi connectivity index (χ3n) is 3.93. The molecule has 0 spiro atoms. The van der Waals surface area contributed by atoms with Gasteiger partial charge in [-0.15, -0.1) is 5.10 Å². The summed E-state index contributed by atoms with van der Waals surface area (Å²) >= 11 is 5.83. The highest BCUT2D eigenvalue weighted by Gasteiger charge is 2.31. The van der Waals surface area contributed by atoms with Crippen LogP contribution in [0.15, 0.2) is 45.4 Å². The van der Waals surface area contributed by atoms with E-state index < -0.39 is 10.8 Å². The van der Waals surface area contributed by atoms with Gasteiger partial charge in [-0.05, 0) is 42.5 Å². The van der Waals surface area contributed by atoms with Crippen LogP contribution in [0.25, 0.3) is 17.4 Å². The van der Waals surface area contributed by atoms with Crippen LogP contribution in [-0.4, -0.2) is 37.2 Å². The topological polar surface area (TPSA) is 143 Å². The van der Waals surface area contributed by atoms with Crippen LogP contribution in [0, 0.1) is 10.1 Å². The first-order valence-corrected chi connectivity index (χ1v) is 8.21. The summed E-state index contributed by atoms with van der Waals surface area (Å²) in [4.78, 5) is 23.0. The lowest BCUT2D eigenvalue weighted by Gasteiger charge is -2.04. The van der Waals surface area contributed by atoms with E-state index in [0.29, 0.717) is 28.4 Å². The van der Waals surface area contributed by atoms with Crippen molar-refractivity contribution < 1.29 is 14.1 Å². The Hall–Kier alpha value is -3.86. The number of hydrogen-bond acceptors (Lipinski definition) is 8. The number of tetrazole rings is 1. The van der Waals surface area contributed by atoms with Crippen LogP contribution in [0.2, 0.25) is 5.02 Å². The minimum atomic E-state index is -0.568. The zero-order chi connectivity index (χ0) is 19.8. The summed E-state index contributed by atoms with van der Waals surface area (Å²) in [5, 5.41) is 29.3. The number of nitrogens with zero attached hydrogens (tertiary/aromatic N) is 6. The van der Waals surface area contributed by atoms with Crippen molar-refractivity contribution in [2.75, 3.05) is 5.01 Å². The summed E-state index contributed by atoms with van der Waals surface area (Å²) in [6.45, 7) is 1.66. The van der Waals surface area contributed by atoms with Gasteiger partial charge in [-0.3, -0.25) is 14.9 Å². The Balaban J connectivity index is 1.64. The molecular weight excluding hydrogens is 390 g/mol. The zero-order valence-corrected chi connectivity index (χ0v) is 14.9. The maximum absolute atomic E-state index is 12.5. The van der Waals surface area contributed by atoms with Crippen LogP contribution < -0.4 is 5.01 Å². The summed E-state index contributed by atoms with van der Waals surface area (Å²) in [6, 6.07) is 7.64. The standard InChI is InChI=1S/C16H10ClN7O4/c1-8-11(15(25)23(20-8)16-18-21-22-19-16)7-10-3-5-14(28-10)9-2-4-12(17)13(6-9)24(26)27/h2-7H,1H3,(H,18,19,21,22)/b11-7-. The fourth-order valence-electron chi connectivity index (χ4n) is 2.60. The second-order valence-electron chi connectivity index (χ2n) is 5.70. The number of amides is 1. The van der Waals surface area contributed by atoms with E-state index in [2.05, 4.69) is 25.7 Å². The van der Waals surface area contributed by atoms with E-state index >= 15 is 0 Å². The quantitative estimate of drug-likeness (QED) is 0.403. The van der Waals surface area contributed by atoms with Crippen LogP contribution >= 0.6 is 11.6 Å². The van der Waals surface area contributed by atoms with E-state index in [0.717, 1.165) is 5.01 Å². The number of nitro groups is 1. The first-order valence-electron chi connectivity index (χ1n) is 7.83. The fraction of sp³-hybridized carbons (Fsp3) is 0.0625. The van der Waals surface area contributed by atoms with Gasteiger partial charge in [-0.1, -0.05) is 16.7 Å². The van der Waals surface area contributed by atoms with E-state index in [1.54, 1.807) is 25.1 Å². The maximum atomic E-state index is 12.5. The SMILES string of the molecule is CC1=NN(c2nn[nH]n2)C(=O)/C1=C\c1ccc(-c2ccc(Cl)c([N+](=O)[O-])c2)o1. The fourth-order valence-corrected chi connectivity index (χ4v) is 2.79. The van der Waals surface area contributed by atoms with Crippen molar-refractivity contribution >= 4 is 40.9 Å². The van der Waals surface area contributed by atoms with Gasteiger partial charge in [0.2, 0.25) is 0 Å². The molecule has 140 valence electrons. The highest BCUT2D eigenvalue weighted by molar-refractivity contribution is 6.33. The third-order valence-corrected chi connectivity index (χ3v) is 4.25. The van der Waals surface area contributed by atoms with Gasteiger partial charge in [0.1, 0.15) is 16.5 Å². The normalized spacial score (nSPS) is 15.4. The van der Waals surface area contributed by atoms with Gasteiger partial charge in [0.15, 0.2) is 0 Å². The molecule has 28 heavy (non-hydrogen) atoms. The van der Waals surface area contributed by atoms with Gasteiger partial charge in [0.25, 0.3) is 17.5 Å². The minimum absolute atomic E-state index is 0.0290. The van der Waals surface area contributed by atoms with Crippen LogP contribution in [0.5, 0.6) is 0 Å². The molecule has 1 amide bonds. The molecule has 2 aromatic heterocycles. The number of rotatable bonds is 4. The lowest BCUT2D eigenvalue weighted by atomic mass is 10.1. The number of aromatic amines is 1. The minimum Gasteiger partial charge on any atom is -0.457 e. The van der Waals surface area contributed by atoms with E-state index in [1.807, 2.05) is 0 Å². The number of anilines is 1. The summed E-state index contributed by atoms with van der Waals surface area (Å²) in [5.74, 6) is 0.363. The van der Waals surface area contributed by atoms with Gasteiger partial charge in [-0.25, -0.2) is 0 Å². The highest BCUT2D eigenvalue weighted by Crippen LogP contribution is 2.32. The lowest BCUT2D eigenvalue weighted by Crippen LogP contribution is -2.22. The molecule has 0 unspecified atom stereocenters. The van der Waals surface area contributed by atoms with Crippen LogP contribution in [-0.2, 0) is 4.79 Å². The first-order chi connectivity index (χ1) is 13.4. The average molecular weight is 400 g/mol. The van der Waals surface area contributed by atoms with Gasteiger partial charge < -0.3 is 4.42 Å². The number of hydrazone groups is 1. The van der Waals surface area contributed by atoms with Crippen molar-refractivity contribution in [1.82, 2.24) is 20.6 Å². The molecule has 12 heteroatoms. The van der Waals surface area contributed by atoms with Crippen LogP contribution in [0.1, 0.15) is 12.7 Å². The molecule has 0 saturated carbocycles. The maximum Gasteiger partial charge on any atom is 0.293 e. The molecular formula is C16H10ClN7O4. The Morgan fingerprint density at radius 2 is 2.14 bits per heavy atom. The lowest BCUT2D eigenvalue weighted by molar-refractivity contribution is -0.384. The van der Waals surface area contributed by atoms with E-state index in [-0.39, 0.29) is 16.7 Å². The molecule has 4 rings (SSSR count). The molecule has 0 saturated heterocycles. The molecule has 0 radical (unpaired) electrons. The smallest absolute Gasteiger partial charge is 0.293 e. The molecule has 3 aromatic rings. The number of carbonyl (C=O) groups is 1. The monoisotopic (exact) mass is 399 g/mol. The van der Waals surface area contributed by atoms with E-state index in [4.69, 9.17) is 16.0 Å². The zero-order valence-electron chi connectivity index (χ0n) is 14.2.